The first kappa shape index (κ1) is 18.2. The highest BCUT2D eigenvalue weighted by atomic mass is 15.3. The van der Waals surface area contributed by atoms with Crippen LogP contribution in [0.15, 0.2) is 61.3 Å². The van der Waals surface area contributed by atoms with E-state index < -0.39 is 0 Å². The number of hydrogen-bond donors (Lipinski definition) is 0. The maximum Gasteiger partial charge on any atom is 0.134 e. The molecule has 0 saturated carbocycles. The molecule has 144 valence electrons. The van der Waals surface area contributed by atoms with Gasteiger partial charge in [0.25, 0.3) is 0 Å². The van der Waals surface area contributed by atoms with E-state index >= 15 is 0 Å². The third-order valence-corrected chi connectivity index (χ3v) is 5.09. The Labute approximate surface area is 165 Å². The Morgan fingerprint density at radius 2 is 1.61 bits per heavy atom. The summed E-state index contributed by atoms with van der Waals surface area (Å²) in [6.45, 7) is 4.62. The second-order valence-electron chi connectivity index (χ2n) is 6.92. The minimum atomic E-state index is 0.897. The van der Waals surface area contributed by atoms with Crippen LogP contribution in [0.2, 0.25) is 0 Å². The fraction of sp³-hybridized carbons (Fsp3) is 0.333. The summed E-state index contributed by atoms with van der Waals surface area (Å²) in [7, 11) is 2.08. The normalized spacial score (nSPS) is 14.2. The van der Waals surface area contributed by atoms with Crippen LogP contribution in [0.5, 0.6) is 0 Å². The lowest BCUT2D eigenvalue weighted by atomic mass is 10.2. The summed E-state index contributed by atoms with van der Waals surface area (Å²) in [5.74, 6) is 2.98. The second-order valence-corrected chi connectivity index (χ2v) is 6.92. The highest BCUT2D eigenvalue weighted by molar-refractivity contribution is 5.51. The summed E-state index contributed by atoms with van der Waals surface area (Å²) >= 11 is 0. The number of rotatable bonds is 6. The van der Waals surface area contributed by atoms with Crippen LogP contribution >= 0.6 is 0 Å². The van der Waals surface area contributed by atoms with Crippen LogP contribution in [0.3, 0.4) is 0 Å². The average molecular weight is 375 g/mol. The van der Waals surface area contributed by atoms with Crippen LogP contribution in [0.25, 0.3) is 0 Å². The molecule has 0 aromatic carbocycles. The van der Waals surface area contributed by atoms with Gasteiger partial charge >= 0.3 is 0 Å². The van der Waals surface area contributed by atoms with Crippen LogP contribution in [-0.4, -0.2) is 59.7 Å². The monoisotopic (exact) mass is 375 g/mol. The van der Waals surface area contributed by atoms with Gasteiger partial charge in [-0.1, -0.05) is 6.07 Å². The molecule has 7 nitrogen and oxygen atoms in total. The molecular weight excluding hydrogens is 350 g/mol. The zero-order valence-electron chi connectivity index (χ0n) is 16.1. The van der Waals surface area contributed by atoms with Gasteiger partial charge in [0.15, 0.2) is 0 Å². The summed E-state index contributed by atoms with van der Waals surface area (Å²) in [6, 6.07) is 12.3. The molecule has 0 atom stereocenters. The van der Waals surface area contributed by atoms with Crippen molar-refractivity contribution in [2.24, 2.45) is 0 Å². The van der Waals surface area contributed by atoms with Gasteiger partial charge in [-0.2, -0.15) is 0 Å². The fourth-order valence-corrected chi connectivity index (χ4v) is 3.39. The van der Waals surface area contributed by atoms with Crippen molar-refractivity contribution in [3.8, 4) is 0 Å². The van der Waals surface area contributed by atoms with E-state index in [0.29, 0.717) is 0 Å². The van der Waals surface area contributed by atoms with Gasteiger partial charge in [-0.3, -0.25) is 4.98 Å². The number of likely N-dealkylation sites (N-methyl/N-ethyl adjacent to an activating group) is 1. The van der Waals surface area contributed by atoms with E-state index in [2.05, 4.69) is 65.9 Å². The molecule has 0 bridgehead atoms. The molecule has 7 heteroatoms. The van der Waals surface area contributed by atoms with E-state index in [4.69, 9.17) is 0 Å². The van der Waals surface area contributed by atoms with Crippen molar-refractivity contribution in [1.29, 1.82) is 0 Å². The third kappa shape index (κ3) is 4.36. The minimum Gasteiger partial charge on any atom is -0.359 e. The first-order valence-electron chi connectivity index (χ1n) is 9.62. The Morgan fingerprint density at radius 1 is 0.857 bits per heavy atom. The fourth-order valence-electron chi connectivity index (χ4n) is 3.39. The predicted octanol–water partition coefficient (Wildman–Crippen LogP) is 2.27. The number of hydrogen-bond acceptors (Lipinski definition) is 7. The number of piperazine rings is 1. The van der Waals surface area contributed by atoms with Gasteiger partial charge in [-0.25, -0.2) is 15.0 Å². The molecule has 4 heterocycles. The van der Waals surface area contributed by atoms with E-state index in [9.17, 15) is 0 Å². The van der Waals surface area contributed by atoms with Crippen molar-refractivity contribution in [2.75, 3.05) is 54.5 Å². The van der Waals surface area contributed by atoms with Gasteiger partial charge in [0.1, 0.15) is 23.8 Å². The molecule has 0 spiro atoms. The Morgan fingerprint density at radius 3 is 2.32 bits per heavy atom. The molecule has 1 fully saturated rings. The first-order valence-corrected chi connectivity index (χ1v) is 9.62. The van der Waals surface area contributed by atoms with Crippen molar-refractivity contribution in [3.63, 3.8) is 0 Å². The average Bonchev–Trinajstić information content (AvgIpc) is 2.79. The van der Waals surface area contributed by atoms with Crippen LogP contribution < -0.4 is 14.7 Å². The molecule has 4 rings (SSSR count). The van der Waals surface area contributed by atoms with Gasteiger partial charge in [-0.15, -0.1) is 0 Å². The molecule has 0 radical (unpaired) electrons. The second kappa shape index (κ2) is 8.65. The topological polar surface area (TPSA) is 61.3 Å². The summed E-state index contributed by atoms with van der Waals surface area (Å²) in [6.07, 6.45) is 8.14. The molecule has 0 aliphatic carbocycles. The Balaban J connectivity index is 1.36. The Bertz CT molecular complexity index is 864. The van der Waals surface area contributed by atoms with Crippen LogP contribution in [-0.2, 0) is 6.42 Å². The van der Waals surface area contributed by atoms with E-state index in [-0.39, 0.29) is 0 Å². The van der Waals surface area contributed by atoms with Gasteiger partial charge in [0.05, 0.1) is 0 Å². The highest BCUT2D eigenvalue weighted by Crippen LogP contribution is 2.20. The van der Waals surface area contributed by atoms with Crippen molar-refractivity contribution in [3.05, 3.63) is 66.9 Å². The number of aromatic nitrogens is 4. The van der Waals surface area contributed by atoms with Gasteiger partial charge in [0, 0.05) is 64.4 Å². The lowest BCUT2D eigenvalue weighted by Gasteiger charge is -2.36. The molecule has 1 aliphatic rings. The van der Waals surface area contributed by atoms with Crippen LogP contribution in [0.4, 0.5) is 17.5 Å². The minimum absolute atomic E-state index is 0.897. The summed E-state index contributed by atoms with van der Waals surface area (Å²) in [5, 5.41) is 0. The van der Waals surface area contributed by atoms with Crippen molar-refractivity contribution < 1.29 is 0 Å². The molecule has 1 saturated heterocycles. The van der Waals surface area contributed by atoms with Crippen molar-refractivity contribution in [1.82, 2.24) is 19.9 Å². The Hall–Kier alpha value is -3.22. The zero-order valence-corrected chi connectivity index (χ0v) is 16.1. The largest absolute Gasteiger partial charge is 0.359 e. The number of anilines is 3. The quantitative estimate of drug-likeness (QED) is 0.655. The lowest BCUT2D eigenvalue weighted by molar-refractivity contribution is 0.641. The van der Waals surface area contributed by atoms with Crippen LogP contribution in [0, 0.1) is 0 Å². The third-order valence-electron chi connectivity index (χ3n) is 5.09. The van der Waals surface area contributed by atoms with Crippen molar-refractivity contribution in [2.45, 2.75) is 6.42 Å². The molecule has 1 aliphatic heterocycles. The smallest absolute Gasteiger partial charge is 0.134 e. The van der Waals surface area contributed by atoms with E-state index in [0.717, 1.165) is 56.6 Å². The summed E-state index contributed by atoms with van der Waals surface area (Å²) in [5.41, 5.74) is 1.28. The maximum atomic E-state index is 4.51. The molecule has 0 N–H and O–H groups in total. The molecule has 28 heavy (non-hydrogen) atoms. The van der Waals surface area contributed by atoms with Gasteiger partial charge < -0.3 is 14.7 Å². The highest BCUT2D eigenvalue weighted by Gasteiger charge is 2.19. The molecule has 0 unspecified atom stereocenters. The Kier molecular flexibility index (Phi) is 5.61. The maximum absolute atomic E-state index is 4.51. The number of nitrogens with zero attached hydrogens (tertiary/aromatic N) is 7. The molecular formula is C21H25N7. The van der Waals surface area contributed by atoms with Gasteiger partial charge in [-0.05, 0) is 36.2 Å². The van der Waals surface area contributed by atoms with E-state index in [1.807, 2.05) is 30.7 Å². The summed E-state index contributed by atoms with van der Waals surface area (Å²) < 4.78 is 0. The number of pyridine rings is 2. The lowest BCUT2D eigenvalue weighted by Crippen LogP contribution is -2.47. The van der Waals surface area contributed by atoms with Crippen molar-refractivity contribution >= 4 is 17.5 Å². The van der Waals surface area contributed by atoms with E-state index in [1.54, 1.807) is 6.33 Å². The van der Waals surface area contributed by atoms with E-state index in [1.165, 1.54) is 5.56 Å². The SMILES string of the molecule is CN(CCc1ccncc1)c1cc(N2CCN(c3ccccn3)CC2)ncn1. The van der Waals surface area contributed by atoms with Crippen LogP contribution in [0.1, 0.15) is 5.56 Å². The first-order chi connectivity index (χ1) is 13.8. The molecule has 0 amide bonds. The summed E-state index contributed by atoms with van der Waals surface area (Å²) in [4.78, 5) is 24.3. The zero-order chi connectivity index (χ0) is 19.2. The molecule has 3 aromatic heterocycles. The molecule has 3 aromatic rings. The predicted molar refractivity (Wildman–Crippen MR) is 112 cm³/mol. The standard InChI is InChI=1S/C21H25N7/c1-26(11-7-18-5-9-22-10-6-18)20-16-21(25-17-24-20)28-14-12-27(13-15-28)19-4-2-3-8-23-19/h2-6,8-10,16-17H,7,11-15H2,1H3. The van der Waals surface area contributed by atoms with Gasteiger partial charge in [0.2, 0.25) is 0 Å².